The van der Waals surface area contributed by atoms with Crippen LogP contribution in [0.2, 0.25) is 0 Å². The van der Waals surface area contributed by atoms with E-state index in [0.29, 0.717) is 5.75 Å². The predicted octanol–water partition coefficient (Wildman–Crippen LogP) is 0.894. The summed E-state index contributed by atoms with van der Waals surface area (Å²) >= 11 is 0. The van der Waals surface area contributed by atoms with Crippen LogP contribution in [-0.2, 0) is 4.79 Å². The lowest BCUT2D eigenvalue weighted by Gasteiger charge is -2.33. The van der Waals surface area contributed by atoms with Crippen molar-refractivity contribution in [2.75, 3.05) is 33.4 Å². The predicted molar refractivity (Wildman–Crippen MR) is 72.5 cm³/mol. The first-order chi connectivity index (χ1) is 9.20. The van der Waals surface area contributed by atoms with E-state index in [-0.39, 0.29) is 18.6 Å². The molecule has 0 saturated carbocycles. The number of ether oxygens (including phenoxy) is 2. The van der Waals surface area contributed by atoms with Gasteiger partial charge in [-0.3, -0.25) is 4.79 Å². The molecule has 1 atom stereocenters. The molecule has 0 aromatic heterocycles. The molecular formula is C14H20N2O3. The average Bonchev–Trinajstić information content (AvgIpc) is 2.46. The van der Waals surface area contributed by atoms with Gasteiger partial charge in [0, 0.05) is 25.7 Å². The van der Waals surface area contributed by atoms with Crippen molar-refractivity contribution in [3.63, 3.8) is 0 Å². The Balaban J connectivity index is 1.85. The minimum absolute atomic E-state index is 0.0322. The van der Waals surface area contributed by atoms with E-state index in [0.717, 1.165) is 25.4 Å². The van der Waals surface area contributed by atoms with Crippen LogP contribution < -0.4 is 14.8 Å². The summed E-state index contributed by atoms with van der Waals surface area (Å²) in [5, 5.41) is 3.26. The molecule has 0 spiro atoms. The summed E-state index contributed by atoms with van der Waals surface area (Å²) < 4.78 is 10.6. The molecule has 2 rings (SSSR count). The molecule has 1 N–H and O–H groups in total. The lowest BCUT2D eigenvalue weighted by atomic mass is 10.2. The molecule has 1 aliphatic rings. The number of amides is 1. The van der Waals surface area contributed by atoms with Gasteiger partial charge < -0.3 is 19.7 Å². The second-order valence-corrected chi connectivity index (χ2v) is 4.60. The standard InChI is InChI=1S/C14H20N2O3/c1-11-9-15-7-8-16(11)14(17)10-19-13-5-3-12(18-2)4-6-13/h3-6,11,15H,7-10H2,1-2H3/t11-/m0/s1. The van der Waals surface area contributed by atoms with Crippen LogP contribution in [0.25, 0.3) is 0 Å². The molecular weight excluding hydrogens is 244 g/mol. The minimum Gasteiger partial charge on any atom is -0.497 e. The molecule has 1 aliphatic heterocycles. The first kappa shape index (κ1) is 13.7. The minimum atomic E-state index is 0.0322. The first-order valence-electron chi connectivity index (χ1n) is 6.47. The van der Waals surface area contributed by atoms with Crippen molar-refractivity contribution >= 4 is 5.91 Å². The maximum Gasteiger partial charge on any atom is 0.260 e. The van der Waals surface area contributed by atoms with Crippen LogP contribution in [0.5, 0.6) is 11.5 Å². The number of carbonyl (C=O) groups excluding carboxylic acids is 1. The van der Waals surface area contributed by atoms with Gasteiger partial charge in [0.15, 0.2) is 6.61 Å². The molecule has 5 nitrogen and oxygen atoms in total. The van der Waals surface area contributed by atoms with Crippen LogP contribution in [0, 0.1) is 0 Å². The highest BCUT2D eigenvalue weighted by atomic mass is 16.5. The van der Waals surface area contributed by atoms with E-state index in [4.69, 9.17) is 9.47 Å². The van der Waals surface area contributed by atoms with E-state index in [1.54, 1.807) is 19.2 Å². The van der Waals surface area contributed by atoms with Gasteiger partial charge in [-0.05, 0) is 31.2 Å². The van der Waals surface area contributed by atoms with Crippen LogP contribution in [-0.4, -0.2) is 50.2 Å². The van der Waals surface area contributed by atoms with Crippen molar-refractivity contribution < 1.29 is 14.3 Å². The van der Waals surface area contributed by atoms with Crippen LogP contribution in [0.4, 0.5) is 0 Å². The molecule has 0 unspecified atom stereocenters. The maximum atomic E-state index is 12.1. The SMILES string of the molecule is COc1ccc(OCC(=O)N2CCNC[C@@H]2C)cc1. The van der Waals surface area contributed by atoms with Crippen LogP contribution in [0.3, 0.4) is 0 Å². The fourth-order valence-electron chi connectivity index (χ4n) is 2.11. The van der Waals surface area contributed by atoms with E-state index >= 15 is 0 Å². The Hall–Kier alpha value is -1.75. The van der Waals surface area contributed by atoms with Crippen molar-refractivity contribution in [3.8, 4) is 11.5 Å². The summed E-state index contributed by atoms with van der Waals surface area (Å²) in [7, 11) is 1.62. The fourth-order valence-corrected chi connectivity index (χ4v) is 2.11. The first-order valence-corrected chi connectivity index (χ1v) is 6.47. The van der Waals surface area contributed by atoms with Gasteiger partial charge in [0.2, 0.25) is 0 Å². The molecule has 0 aliphatic carbocycles. The molecule has 0 radical (unpaired) electrons. The van der Waals surface area contributed by atoms with Gasteiger partial charge in [0.1, 0.15) is 11.5 Å². The highest BCUT2D eigenvalue weighted by Gasteiger charge is 2.22. The zero-order chi connectivity index (χ0) is 13.7. The number of nitrogens with one attached hydrogen (secondary N) is 1. The molecule has 104 valence electrons. The summed E-state index contributed by atoms with van der Waals surface area (Å²) in [5.74, 6) is 1.48. The Kier molecular flexibility index (Phi) is 4.63. The third kappa shape index (κ3) is 3.61. The molecule has 0 bridgehead atoms. The van der Waals surface area contributed by atoms with E-state index in [1.165, 1.54) is 0 Å². The van der Waals surface area contributed by atoms with Crippen molar-refractivity contribution in [1.29, 1.82) is 0 Å². The highest BCUT2D eigenvalue weighted by molar-refractivity contribution is 5.78. The van der Waals surface area contributed by atoms with Gasteiger partial charge in [-0.15, -0.1) is 0 Å². The smallest absolute Gasteiger partial charge is 0.260 e. The third-order valence-corrected chi connectivity index (χ3v) is 3.24. The third-order valence-electron chi connectivity index (χ3n) is 3.24. The topological polar surface area (TPSA) is 50.8 Å². The van der Waals surface area contributed by atoms with Gasteiger partial charge in [-0.1, -0.05) is 0 Å². The zero-order valence-electron chi connectivity index (χ0n) is 11.4. The quantitative estimate of drug-likeness (QED) is 0.877. The summed E-state index contributed by atoms with van der Waals surface area (Å²) in [6.07, 6.45) is 0. The molecule has 1 amide bonds. The number of hydrogen-bond acceptors (Lipinski definition) is 4. The number of benzene rings is 1. The van der Waals surface area contributed by atoms with Crippen molar-refractivity contribution in [1.82, 2.24) is 10.2 Å². The zero-order valence-corrected chi connectivity index (χ0v) is 11.4. The largest absolute Gasteiger partial charge is 0.497 e. The lowest BCUT2D eigenvalue weighted by molar-refractivity contribution is -0.136. The maximum absolute atomic E-state index is 12.1. The van der Waals surface area contributed by atoms with Gasteiger partial charge >= 0.3 is 0 Å². The number of rotatable bonds is 4. The van der Waals surface area contributed by atoms with E-state index < -0.39 is 0 Å². The molecule has 5 heteroatoms. The lowest BCUT2D eigenvalue weighted by Crippen LogP contribution is -2.53. The Morgan fingerprint density at radius 1 is 1.37 bits per heavy atom. The van der Waals surface area contributed by atoms with Crippen molar-refractivity contribution in [2.45, 2.75) is 13.0 Å². The van der Waals surface area contributed by atoms with Crippen LogP contribution in [0.15, 0.2) is 24.3 Å². The fraction of sp³-hybridized carbons (Fsp3) is 0.500. The monoisotopic (exact) mass is 264 g/mol. The highest BCUT2D eigenvalue weighted by Crippen LogP contribution is 2.17. The molecule has 1 aromatic rings. The summed E-state index contributed by atoms with van der Waals surface area (Å²) in [4.78, 5) is 13.9. The molecule has 1 fully saturated rings. The normalized spacial score (nSPS) is 19.1. The summed E-state index contributed by atoms with van der Waals surface area (Å²) in [6, 6.07) is 7.45. The van der Waals surface area contributed by atoms with Gasteiger partial charge in [0.25, 0.3) is 5.91 Å². The Bertz CT molecular complexity index is 419. The summed E-state index contributed by atoms with van der Waals surface area (Å²) in [6.45, 7) is 4.55. The number of hydrogen-bond donors (Lipinski definition) is 1. The number of nitrogens with zero attached hydrogens (tertiary/aromatic N) is 1. The number of methoxy groups -OCH3 is 1. The molecule has 19 heavy (non-hydrogen) atoms. The van der Waals surface area contributed by atoms with E-state index in [2.05, 4.69) is 5.32 Å². The van der Waals surface area contributed by atoms with Crippen molar-refractivity contribution in [2.24, 2.45) is 0 Å². The van der Waals surface area contributed by atoms with Crippen LogP contribution >= 0.6 is 0 Å². The molecule has 1 aromatic carbocycles. The number of piperazine rings is 1. The Morgan fingerprint density at radius 2 is 2.05 bits per heavy atom. The number of carbonyl (C=O) groups is 1. The Labute approximate surface area is 113 Å². The van der Waals surface area contributed by atoms with Crippen molar-refractivity contribution in [3.05, 3.63) is 24.3 Å². The second-order valence-electron chi connectivity index (χ2n) is 4.60. The van der Waals surface area contributed by atoms with Gasteiger partial charge in [-0.2, -0.15) is 0 Å². The van der Waals surface area contributed by atoms with E-state index in [1.807, 2.05) is 24.0 Å². The van der Waals surface area contributed by atoms with Gasteiger partial charge in [-0.25, -0.2) is 0 Å². The molecule has 1 saturated heterocycles. The summed E-state index contributed by atoms with van der Waals surface area (Å²) in [5.41, 5.74) is 0. The van der Waals surface area contributed by atoms with E-state index in [9.17, 15) is 4.79 Å². The van der Waals surface area contributed by atoms with Crippen LogP contribution in [0.1, 0.15) is 6.92 Å². The van der Waals surface area contributed by atoms with Gasteiger partial charge in [0.05, 0.1) is 7.11 Å². The second kappa shape index (κ2) is 6.43. The Morgan fingerprint density at radius 3 is 2.68 bits per heavy atom. The average molecular weight is 264 g/mol. The molecule has 1 heterocycles.